The molecule has 0 radical (unpaired) electrons. The van der Waals surface area contributed by atoms with Crippen LogP contribution in [0.15, 0.2) is 35.1 Å². The molecule has 2 heterocycles. The summed E-state index contributed by atoms with van der Waals surface area (Å²) in [5, 5.41) is 0. The normalized spacial score (nSPS) is 23.3. The quantitative estimate of drug-likeness (QED) is 0.948. The highest BCUT2D eigenvalue weighted by molar-refractivity contribution is 7.09. The first-order chi connectivity index (χ1) is 10.1. The Morgan fingerprint density at radius 1 is 1.24 bits per heavy atom. The van der Waals surface area contributed by atoms with E-state index < -0.39 is 0 Å². The lowest BCUT2D eigenvalue weighted by molar-refractivity contribution is -0.0702. The molecule has 2 aromatic rings. The summed E-state index contributed by atoms with van der Waals surface area (Å²) in [6.07, 6.45) is 0.481. The second-order valence-electron chi connectivity index (χ2n) is 5.63. The Morgan fingerprint density at radius 3 is 2.57 bits per heavy atom. The first-order valence-corrected chi connectivity index (χ1v) is 8.08. The van der Waals surface area contributed by atoms with Gasteiger partial charge in [0.2, 0.25) is 0 Å². The molecule has 0 aliphatic carbocycles. The maximum atomic E-state index is 11.8. The van der Waals surface area contributed by atoms with Gasteiger partial charge in [0.1, 0.15) is 0 Å². The molecule has 2 unspecified atom stereocenters. The van der Waals surface area contributed by atoms with E-state index in [-0.39, 0.29) is 17.1 Å². The summed E-state index contributed by atoms with van der Waals surface area (Å²) in [6, 6.07) is 10.0. The number of hydrogen-bond acceptors (Lipinski definition) is 4. The molecule has 112 valence electrons. The Labute approximate surface area is 128 Å². The van der Waals surface area contributed by atoms with Crippen molar-refractivity contribution >= 4 is 11.3 Å². The zero-order chi connectivity index (χ0) is 14.8. The van der Waals surface area contributed by atoms with Crippen LogP contribution in [0.3, 0.4) is 0 Å². The number of aromatic amines is 1. The summed E-state index contributed by atoms with van der Waals surface area (Å²) in [5.74, 6) is 0. The summed E-state index contributed by atoms with van der Waals surface area (Å²) >= 11 is 1.31. The lowest BCUT2D eigenvalue weighted by atomic mass is 10.1. The number of nitrogens with one attached hydrogen (secondary N) is 1. The molecule has 1 aromatic carbocycles. The van der Waals surface area contributed by atoms with Crippen molar-refractivity contribution in [1.29, 1.82) is 0 Å². The molecule has 0 spiro atoms. The first-order valence-electron chi connectivity index (χ1n) is 7.27. The van der Waals surface area contributed by atoms with Gasteiger partial charge in [-0.25, -0.2) is 0 Å². The Kier molecular flexibility index (Phi) is 4.24. The minimum Gasteiger partial charge on any atom is -0.373 e. The smallest absolute Gasteiger partial charge is 0.305 e. The monoisotopic (exact) mass is 304 g/mol. The van der Waals surface area contributed by atoms with Gasteiger partial charge in [-0.2, -0.15) is 0 Å². The van der Waals surface area contributed by atoms with Crippen LogP contribution in [0.25, 0.3) is 11.3 Å². The van der Waals surface area contributed by atoms with Gasteiger partial charge in [-0.3, -0.25) is 9.69 Å². The summed E-state index contributed by atoms with van der Waals surface area (Å²) < 4.78 is 5.77. The fourth-order valence-electron chi connectivity index (χ4n) is 2.93. The predicted molar refractivity (Wildman–Crippen MR) is 85.7 cm³/mol. The number of nitrogens with zero attached hydrogens (tertiary/aromatic N) is 1. The van der Waals surface area contributed by atoms with Gasteiger partial charge in [0.05, 0.1) is 17.9 Å². The SMILES string of the molecule is CC1CN(Cc2sc(=O)[nH]c2-c2ccccc2)CC(C)O1. The van der Waals surface area contributed by atoms with Gasteiger partial charge in [-0.15, -0.1) is 0 Å². The number of thiazole rings is 1. The molecule has 0 bridgehead atoms. The minimum atomic E-state index is 0.0122. The zero-order valence-electron chi connectivity index (χ0n) is 12.3. The highest BCUT2D eigenvalue weighted by Gasteiger charge is 2.23. The third-order valence-electron chi connectivity index (χ3n) is 3.65. The van der Waals surface area contributed by atoms with Crippen LogP contribution < -0.4 is 4.87 Å². The molecule has 1 N–H and O–H groups in total. The van der Waals surface area contributed by atoms with Crippen molar-refractivity contribution in [2.75, 3.05) is 13.1 Å². The van der Waals surface area contributed by atoms with Crippen LogP contribution in [-0.4, -0.2) is 35.2 Å². The average Bonchev–Trinajstić information content (AvgIpc) is 2.79. The molecule has 21 heavy (non-hydrogen) atoms. The molecule has 1 saturated heterocycles. The number of benzene rings is 1. The molecule has 1 aliphatic rings. The van der Waals surface area contributed by atoms with Gasteiger partial charge >= 0.3 is 4.87 Å². The lowest BCUT2D eigenvalue weighted by Crippen LogP contribution is -2.44. The van der Waals surface area contributed by atoms with Gasteiger partial charge in [-0.05, 0) is 19.4 Å². The third-order valence-corrected chi connectivity index (χ3v) is 4.51. The number of H-pyrrole nitrogens is 1. The van der Waals surface area contributed by atoms with E-state index in [1.807, 2.05) is 30.3 Å². The van der Waals surface area contributed by atoms with Crippen molar-refractivity contribution < 1.29 is 4.74 Å². The highest BCUT2D eigenvalue weighted by Crippen LogP contribution is 2.25. The van der Waals surface area contributed by atoms with Gasteiger partial charge < -0.3 is 9.72 Å². The van der Waals surface area contributed by atoms with Gasteiger partial charge in [0, 0.05) is 24.5 Å². The van der Waals surface area contributed by atoms with Gasteiger partial charge in [0.15, 0.2) is 0 Å². The number of hydrogen-bond donors (Lipinski definition) is 1. The van der Waals surface area contributed by atoms with E-state index in [0.717, 1.165) is 35.8 Å². The molecule has 5 heteroatoms. The van der Waals surface area contributed by atoms with Crippen molar-refractivity contribution in [3.05, 3.63) is 44.9 Å². The van der Waals surface area contributed by atoms with Crippen molar-refractivity contribution in [2.24, 2.45) is 0 Å². The van der Waals surface area contributed by atoms with Crippen LogP contribution in [0, 0.1) is 0 Å². The Bertz CT molecular complexity index is 640. The maximum absolute atomic E-state index is 11.8. The van der Waals surface area contributed by atoms with E-state index >= 15 is 0 Å². The minimum absolute atomic E-state index is 0.0122. The van der Waals surface area contributed by atoms with Crippen molar-refractivity contribution in [2.45, 2.75) is 32.6 Å². The van der Waals surface area contributed by atoms with Crippen LogP contribution in [0.5, 0.6) is 0 Å². The van der Waals surface area contributed by atoms with E-state index in [9.17, 15) is 4.79 Å². The standard InChI is InChI=1S/C16H20N2O2S/c1-11-8-18(9-12(2)20-11)10-14-15(17-16(19)21-14)13-6-4-3-5-7-13/h3-7,11-12H,8-10H2,1-2H3,(H,17,19). The molecule has 2 atom stereocenters. The molecule has 0 amide bonds. The zero-order valence-corrected chi connectivity index (χ0v) is 13.2. The second-order valence-corrected chi connectivity index (χ2v) is 6.70. The summed E-state index contributed by atoms with van der Waals surface area (Å²) in [6.45, 7) is 6.81. The summed E-state index contributed by atoms with van der Waals surface area (Å²) in [4.78, 5) is 18.2. The fourth-order valence-corrected chi connectivity index (χ4v) is 3.82. The number of rotatable bonds is 3. The van der Waals surface area contributed by atoms with E-state index in [1.54, 1.807) is 0 Å². The number of morpholine rings is 1. The largest absolute Gasteiger partial charge is 0.373 e. The molecule has 4 nitrogen and oxygen atoms in total. The molecular weight excluding hydrogens is 284 g/mol. The van der Waals surface area contributed by atoms with E-state index in [2.05, 4.69) is 23.7 Å². The molecule has 1 aromatic heterocycles. The average molecular weight is 304 g/mol. The van der Waals surface area contributed by atoms with Crippen molar-refractivity contribution in [3.8, 4) is 11.3 Å². The first kappa shape index (κ1) is 14.5. The van der Waals surface area contributed by atoms with E-state index in [4.69, 9.17) is 4.74 Å². The molecule has 0 saturated carbocycles. The Morgan fingerprint density at radius 2 is 1.90 bits per heavy atom. The maximum Gasteiger partial charge on any atom is 0.305 e. The van der Waals surface area contributed by atoms with E-state index in [1.165, 1.54) is 11.3 Å². The van der Waals surface area contributed by atoms with E-state index in [0.29, 0.717) is 0 Å². The van der Waals surface area contributed by atoms with Crippen molar-refractivity contribution in [1.82, 2.24) is 9.88 Å². The molecular formula is C16H20N2O2S. The topological polar surface area (TPSA) is 45.3 Å². The van der Waals surface area contributed by atoms with Gasteiger partial charge in [-0.1, -0.05) is 41.7 Å². The summed E-state index contributed by atoms with van der Waals surface area (Å²) in [5.41, 5.74) is 2.03. The van der Waals surface area contributed by atoms with Crippen molar-refractivity contribution in [3.63, 3.8) is 0 Å². The molecule has 1 aliphatic heterocycles. The van der Waals surface area contributed by atoms with Crippen LogP contribution >= 0.6 is 11.3 Å². The van der Waals surface area contributed by atoms with Crippen LogP contribution in [0.4, 0.5) is 0 Å². The molecule has 3 rings (SSSR count). The second kappa shape index (κ2) is 6.13. The van der Waals surface area contributed by atoms with Crippen LogP contribution in [0.1, 0.15) is 18.7 Å². The number of ether oxygens (including phenoxy) is 1. The van der Waals surface area contributed by atoms with Gasteiger partial charge in [0.25, 0.3) is 0 Å². The lowest BCUT2D eigenvalue weighted by Gasteiger charge is -2.35. The summed E-state index contributed by atoms with van der Waals surface area (Å²) in [7, 11) is 0. The molecule has 1 fully saturated rings. The fraction of sp³-hybridized carbons (Fsp3) is 0.438. The Balaban J connectivity index is 1.84. The highest BCUT2D eigenvalue weighted by atomic mass is 32.1. The third kappa shape index (κ3) is 3.43. The predicted octanol–water partition coefficient (Wildman–Crippen LogP) is 2.71. The van der Waals surface area contributed by atoms with Crippen LogP contribution in [0.2, 0.25) is 0 Å². The van der Waals surface area contributed by atoms with Crippen LogP contribution in [-0.2, 0) is 11.3 Å². The Hall–Kier alpha value is -1.43. The number of aromatic nitrogens is 1.